The minimum atomic E-state index is -3.86. The molecule has 0 aliphatic carbocycles. The number of carbonyl (C=O) groups excluding carboxylic acids is 2. The van der Waals surface area contributed by atoms with Crippen molar-refractivity contribution in [2.24, 2.45) is 22.7 Å². The Hall–Kier alpha value is -1.68. The standard InChI is InChI=1S/C18H26N4O4S.ClH/c1-12(19)13-5-7-21(8-6-13)18(24)14-9-17(23)22(11-14)15-3-2-4-16(10-15)27(20,25)26;/h2-4,10,12-14H,5-9,11,19H2,1H3,(H2,20,25,26);1H. The lowest BCUT2D eigenvalue weighted by molar-refractivity contribution is -0.137. The molecule has 1 aromatic carbocycles. The predicted octanol–water partition coefficient (Wildman–Crippen LogP) is 0.695. The third-order valence-corrected chi connectivity index (χ3v) is 6.44. The van der Waals surface area contributed by atoms with Gasteiger partial charge < -0.3 is 15.5 Å². The van der Waals surface area contributed by atoms with E-state index in [0.717, 1.165) is 12.8 Å². The zero-order valence-corrected chi connectivity index (χ0v) is 17.4. The van der Waals surface area contributed by atoms with Crippen LogP contribution < -0.4 is 15.8 Å². The number of carbonyl (C=O) groups is 2. The summed E-state index contributed by atoms with van der Waals surface area (Å²) < 4.78 is 23.1. The monoisotopic (exact) mass is 430 g/mol. The molecule has 2 heterocycles. The lowest BCUT2D eigenvalue weighted by atomic mass is 9.90. The van der Waals surface area contributed by atoms with Gasteiger partial charge in [-0.15, -0.1) is 12.4 Å². The van der Waals surface area contributed by atoms with E-state index in [9.17, 15) is 18.0 Å². The molecule has 3 rings (SSSR count). The van der Waals surface area contributed by atoms with Crippen LogP contribution in [0, 0.1) is 11.8 Å². The minimum absolute atomic E-state index is 0. The largest absolute Gasteiger partial charge is 0.342 e. The number of hydrogen-bond donors (Lipinski definition) is 2. The molecule has 10 heteroatoms. The number of benzene rings is 1. The number of primary sulfonamides is 1. The Kier molecular flexibility index (Phi) is 7.08. The molecule has 0 aromatic heterocycles. The normalized spacial score (nSPS) is 22.1. The van der Waals surface area contributed by atoms with Crippen LogP contribution in [-0.2, 0) is 19.6 Å². The smallest absolute Gasteiger partial charge is 0.238 e. The topological polar surface area (TPSA) is 127 Å². The Morgan fingerprint density at radius 3 is 2.46 bits per heavy atom. The van der Waals surface area contributed by atoms with Crippen LogP contribution in [0.25, 0.3) is 0 Å². The highest BCUT2D eigenvalue weighted by molar-refractivity contribution is 7.89. The van der Waals surface area contributed by atoms with Gasteiger partial charge in [0.05, 0.1) is 10.8 Å². The maximum absolute atomic E-state index is 12.8. The summed E-state index contributed by atoms with van der Waals surface area (Å²) in [6.45, 7) is 3.57. The van der Waals surface area contributed by atoms with Gasteiger partial charge in [0, 0.05) is 37.8 Å². The van der Waals surface area contributed by atoms with Gasteiger partial charge >= 0.3 is 0 Å². The highest BCUT2D eigenvalue weighted by Crippen LogP contribution is 2.29. The van der Waals surface area contributed by atoms with Crippen LogP contribution >= 0.6 is 12.4 Å². The number of likely N-dealkylation sites (tertiary alicyclic amines) is 1. The third-order valence-electron chi connectivity index (χ3n) is 5.53. The number of nitrogens with zero attached hydrogens (tertiary/aromatic N) is 2. The Morgan fingerprint density at radius 1 is 1.25 bits per heavy atom. The van der Waals surface area contributed by atoms with Crippen LogP contribution in [0.15, 0.2) is 29.2 Å². The first-order chi connectivity index (χ1) is 12.7. The van der Waals surface area contributed by atoms with Gasteiger partial charge in [-0.25, -0.2) is 13.6 Å². The molecule has 0 spiro atoms. The number of anilines is 1. The van der Waals surface area contributed by atoms with Crippen molar-refractivity contribution < 1.29 is 18.0 Å². The molecule has 4 N–H and O–H groups in total. The molecular weight excluding hydrogens is 404 g/mol. The van der Waals surface area contributed by atoms with Crippen LogP contribution in [0.5, 0.6) is 0 Å². The van der Waals surface area contributed by atoms with E-state index in [2.05, 4.69) is 0 Å². The number of piperidine rings is 1. The van der Waals surface area contributed by atoms with E-state index in [-0.39, 0.29) is 48.1 Å². The summed E-state index contributed by atoms with van der Waals surface area (Å²) in [5.74, 6) is -0.193. The van der Waals surface area contributed by atoms with E-state index in [1.165, 1.54) is 23.1 Å². The second-order valence-corrected chi connectivity index (χ2v) is 9.03. The van der Waals surface area contributed by atoms with E-state index < -0.39 is 15.9 Å². The molecule has 2 unspecified atom stereocenters. The van der Waals surface area contributed by atoms with Crippen LogP contribution in [0.4, 0.5) is 5.69 Å². The van der Waals surface area contributed by atoms with Crippen molar-refractivity contribution in [3.63, 3.8) is 0 Å². The Morgan fingerprint density at radius 2 is 1.89 bits per heavy atom. The summed E-state index contributed by atoms with van der Waals surface area (Å²) in [5, 5.41) is 5.16. The summed E-state index contributed by atoms with van der Waals surface area (Å²) in [4.78, 5) is 28.5. The predicted molar refractivity (Wildman–Crippen MR) is 108 cm³/mol. The second kappa shape index (κ2) is 8.77. The van der Waals surface area contributed by atoms with Gasteiger partial charge in [0.15, 0.2) is 0 Å². The van der Waals surface area contributed by atoms with Crippen molar-refractivity contribution >= 4 is 39.9 Å². The lowest BCUT2D eigenvalue weighted by Crippen LogP contribution is -2.45. The minimum Gasteiger partial charge on any atom is -0.342 e. The number of rotatable bonds is 4. The van der Waals surface area contributed by atoms with E-state index in [4.69, 9.17) is 10.9 Å². The van der Waals surface area contributed by atoms with E-state index >= 15 is 0 Å². The molecule has 2 atom stereocenters. The fourth-order valence-corrected chi connectivity index (χ4v) is 4.41. The molecule has 1 aromatic rings. The van der Waals surface area contributed by atoms with Crippen LogP contribution in [0.3, 0.4) is 0 Å². The first-order valence-corrected chi connectivity index (χ1v) is 10.7. The highest BCUT2D eigenvalue weighted by atomic mass is 35.5. The van der Waals surface area contributed by atoms with Crippen molar-refractivity contribution in [3.05, 3.63) is 24.3 Å². The third kappa shape index (κ3) is 4.83. The number of hydrogen-bond acceptors (Lipinski definition) is 5. The van der Waals surface area contributed by atoms with Crippen molar-refractivity contribution in [1.82, 2.24) is 4.90 Å². The van der Waals surface area contributed by atoms with Gasteiger partial charge in [0.25, 0.3) is 0 Å². The number of sulfonamides is 1. The van der Waals surface area contributed by atoms with Gasteiger partial charge in [0.1, 0.15) is 0 Å². The van der Waals surface area contributed by atoms with E-state index in [1.54, 1.807) is 6.07 Å². The Bertz CT molecular complexity index is 838. The molecule has 0 saturated carbocycles. The van der Waals surface area contributed by atoms with Gasteiger partial charge in [-0.3, -0.25) is 9.59 Å². The van der Waals surface area contributed by atoms with E-state index in [0.29, 0.717) is 24.7 Å². The van der Waals surface area contributed by atoms with Crippen LogP contribution in [0.2, 0.25) is 0 Å². The summed E-state index contributed by atoms with van der Waals surface area (Å²) in [5.41, 5.74) is 6.39. The highest BCUT2D eigenvalue weighted by Gasteiger charge is 2.38. The average Bonchev–Trinajstić information content (AvgIpc) is 3.02. The first-order valence-electron chi connectivity index (χ1n) is 9.14. The quantitative estimate of drug-likeness (QED) is 0.726. The number of nitrogens with two attached hydrogens (primary N) is 2. The molecule has 2 fully saturated rings. The molecule has 2 saturated heterocycles. The summed E-state index contributed by atoms with van der Waals surface area (Å²) in [6.07, 6.45) is 1.89. The first kappa shape index (κ1) is 22.6. The van der Waals surface area contributed by atoms with E-state index in [1.807, 2.05) is 11.8 Å². The average molecular weight is 431 g/mol. The van der Waals surface area contributed by atoms with Crippen LogP contribution in [0.1, 0.15) is 26.2 Å². The number of amides is 2. The molecule has 156 valence electrons. The molecule has 28 heavy (non-hydrogen) atoms. The zero-order valence-electron chi connectivity index (χ0n) is 15.8. The molecule has 0 radical (unpaired) electrons. The lowest BCUT2D eigenvalue weighted by Gasteiger charge is -2.35. The van der Waals surface area contributed by atoms with Crippen LogP contribution in [-0.4, -0.2) is 50.8 Å². The van der Waals surface area contributed by atoms with Gasteiger partial charge in [-0.05, 0) is 43.9 Å². The molecule has 0 bridgehead atoms. The van der Waals surface area contributed by atoms with Crippen molar-refractivity contribution in [3.8, 4) is 0 Å². The molecule has 2 amide bonds. The maximum Gasteiger partial charge on any atom is 0.238 e. The molecule has 2 aliphatic rings. The maximum atomic E-state index is 12.8. The van der Waals surface area contributed by atoms with Crippen molar-refractivity contribution in [2.45, 2.75) is 37.1 Å². The SMILES string of the molecule is CC(N)C1CCN(C(=O)C2CC(=O)N(c3cccc(S(N)(=O)=O)c3)C2)CC1.Cl. The molecule has 8 nitrogen and oxygen atoms in total. The second-order valence-electron chi connectivity index (χ2n) is 7.47. The Balaban J connectivity index is 0.00000280. The zero-order chi connectivity index (χ0) is 19.8. The number of halogens is 1. The van der Waals surface area contributed by atoms with Gasteiger partial charge in [-0.1, -0.05) is 6.07 Å². The van der Waals surface area contributed by atoms with Crippen molar-refractivity contribution in [1.29, 1.82) is 0 Å². The fraction of sp³-hybridized carbons (Fsp3) is 0.556. The van der Waals surface area contributed by atoms with Gasteiger partial charge in [-0.2, -0.15) is 0 Å². The summed E-state index contributed by atoms with van der Waals surface area (Å²) in [7, 11) is -3.86. The summed E-state index contributed by atoms with van der Waals surface area (Å²) >= 11 is 0. The fourth-order valence-electron chi connectivity index (χ4n) is 3.85. The van der Waals surface area contributed by atoms with Crippen molar-refractivity contribution in [2.75, 3.05) is 24.5 Å². The molecular formula is C18H27ClN4O4S. The Labute approximate surface area is 171 Å². The summed E-state index contributed by atoms with van der Waals surface area (Å²) in [6, 6.07) is 6.06. The molecule has 2 aliphatic heterocycles. The van der Waals surface area contributed by atoms with Gasteiger partial charge in [0.2, 0.25) is 21.8 Å².